The molecule has 1 fully saturated rings. The van der Waals surface area contributed by atoms with Crippen LogP contribution in [0.25, 0.3) is 0 Å². The molecule has 0 unspecified atom stereocenters. The maximum atomic E-state index is 9.20. The van der Waals surface area contributed by atoms with Crippen molar-refractivity contribution in [3.05, 3.63) is 52.2 Å². The predicted molar refractivity (Wildman–Crippen MR) is 80.4 cm³/mol. The lowest BCUT2D eigenvalue weighted by Gasteiger charge is -2.11. The first kappa shape index (κ1) is 13.4. The zero-order valence-electron chi connectivity index (χ0n) is 11.1. The average Bonchev–Trinajstić information content (AvgIpc) is 3.34. The Kier molecular flexibility index (Phi) is 3.48. The monoisotopic (exact) mass is 294 g/mol. The highest BCUT2D eigenvalue weighted by Crippen LogP contribution is 2.40. The zero-order valence-corrected chi connectivity index (χ0v) is 11.9. The number of nitrogens with zero attached hydrogens (tertiary/aromatic N) is 3. The molecule has 1 aromatic carbocycles. The Balaban J connectivity index is 1.99. The van der Waals surface area contributed by atoms with Crippen LogP contribution in [0.5, 0.6) is 0 Å². The van der Waals surface area contributed by atoms with Crippen molar-refractivity contribution < 1.29 is 0 Å². The van der Waals surface area contributed by atoms with Crippen LogP contribution in [0.1, 0.15) is 35.6 Å². The Morgan fingerprint density at radius 2 is 1.86 bits per heavy atom. The van der Waals surface area contributed by atoms with Gasteiger partial charge in [0.2, 0.25) is 0 Å². The number of halogens is 1. The molecule has 0 saturated heterocycles. The van der Waals surface area contributed by atoms with E-state index < -0.39 is 0 Å². The smallest absolute Gasteiger partial charge is 0.148 e. The predicted octanol–water partition coefficient (Wildman–Crippen LogP) is 4.10. The van der Waals surface area contributed by atoms with Crippen LogP contribution in [-0.4, -0.2) is 4.98 Å². The number of hydrogen-bond donors (Lipinski definition) is 1. The maximum absolute atomic E-state index is 9.20. The first-order valence-electron chi connectivity index (χ1n) is 6.59. The largest absolute Gasteiger partial charge is 0.338 e. The molecule has 1 aromatic heterocycles. The first-order valence-corrected chi connectivity index (χ1v) is 6.97. The lowest BCUT2D eigenvalue weighted by molar-refractivity contribution is 1.02. The van der Waals surface area contributed by atoms with Gasteiger partial charge >= 0.3 is 0 Å². The molecule has 1 aliphatic carbocycles. The molecule has 0 bridgehead atoms. The van der Waals surface area contributed by atoms with Gasteiger partial charge < -0.3 is 5.32 Å². The third kappa shape index (κ3) is 2.67. The van der Waals surface area contributed by atoms with Crippen molar-refractivity contribution in [3.63, 3.8) is 0 Å². The Morgan fingerprint density at radius 3 is 2.52 bits per heavy atom. The maximum Gasteiger partial charge on any atom is 0.148 e. The molecule has 0 radical (unpaired) electrons. The number of benzene rings is 1. The molecule has 1 aliphatic rings. The van der Waals surface area contributed by atoms with E-state index in [1.807, 2.05) is 12.1 Å². The van der Waals surface area contributed by atoms with Crippen LogP contribution in [0.3, 0.4) is 0 Å². The summed E-state index contributed by atoms with van der Waals surface area (Å²) in [7, 11) is 0. The number of anilines is 2. The Hall–Kier alpha value is -2.56. The average molecular weight is 295 g/mol. The van der Waals surface area contributed by atoms with Crippen LogP contribution in [0.4, 0.5) is 11.5 Å². The molecule has 1 saturated carbocycles. The van der Waals surface area contributed by atoms with Gasteiger partial charge in [-0.2, -0.15) is 10.5 Å². The van der Waals surface area contributed by atoms with E-state index in [0.29, 0.717) is 33.6 Å². The fourth-order valence-corrected chi connectivity index (χ4v) is 2.32. The number of hydrogen-bond acceptors (Lipinski definition) is 4. The van der Waals surface area contributed by atoms with E-state index in [-0.39, 0.29) is 0 Å². The molecule has 1 N–H and O–H groups in total. The summed E-state index contributed by atoms with van der Waals surface area (Å²) in [6, 6.07) is 13.0. The molecular formula is C16H11ClN4. The molecular weight excluding hydrogens is 284 g/mol. The molecule has 1 heterocycles. The van der Waals surface area contributed by atoms with E-state index in [9.17, 15) is 5.26 Å². The standard InChI is InChI=1S/C16H11ClN4/c17-15-11(8-18)2-1-3-14(15)21-16-12(9-19)6-7-13(20-16)10-4-5-10/h1-3,6-7,10H,4-5H2,(H,20,21). The van der Waals surface area contributed by atoms with E-state index in [0.717, 1.165) is 18.5 Å². The second-order valence-corrected chi connectivity index (χ2v) is 5.30. The van der Waals surface area contributed by atoms with Gasteiger partial charge in [-0.1, -0.05) is 17.7 Å². The fraction of sp³-hybridized carbons (Fsp3) is 0.188. The van der Waals surface area contributed by atoms with Crippen LogP contribution >= 0.6 is 11.6 Å². The summed E-state index contributed by atoms with van der Waals surface area (Å²) in [6.45, 7) is 0. The molecule has 0 atom stereocenters. The van der Waals surface area contributed by atoms with Crippen LogP contribution < -0.4 is 5.32 Å². The van der Waals surface area contributed by atoms with Gasteiger partial charge in [0, 0.05) is 11.6 Å². The Morgan fingerprint density at radius 1 is 1.10 bits per heavy atom. The van der Waals surface area contributed by atoms with Gasteiger partial charge in [-0.05, 0) is 37.1 Å². The molecule has 0 aliphatic heterocycles. The number of pyridine rings is 1. The summed E-state index contributed by atoms with van der Waals surface area (Å²) in [5.41, 5.74) is 2.41. The summed E-state index contributed by atoms with van der Waals surface area (Å²) >= 11 is 6.17. The second-order valence-electron chi connectivity index (χ2n) is 4.92. The Labute approximate surface area is 127 Å². The summed E-state index contributed by atoms with van der Waals surface area (Å²) in [5, 5.41) is 21.6. The topological polar surface area (TPSA) is 72.5 Å². The van der Waals surface area contributed by atoms with Gasteiger partial charge in [0.05, 0.1) is 21.8 Å². The van der Waals surface area contributed by atoms with E-state index in [1.54, 1.807) is 24.3 Å². The summed E-state index contributed by atoms with van der Waals surface area (Å²) in [6.07, 6.45) is 2.28. The second kappa shape index (κ2) is 5.44. The lowest BCUT2D eigenvalue weighted by Crippen LogP contribution is -2.00. The van der Waals surface area contributed by atoms with Crippen molar-refractivity contribution in [1.29, 1.82) is 10.5 Å². The first-order chi connectivity index (χ1) is 10.2. The van der Waals surface area contributed by atoms with Crippen LogP contribution in [0.2, 0.25) is 5.02 Å². The van der Waals surface area contributed by atoms with E-state index in [1.165, 1.54) is 0 Å². The molecule has 3 rings (SSSR count). The molecule has 102 valence electrons. The van der Waals surface area contributed by atoms with Crippen molar-refractivity contribution in [1.82, 2.24) is 4.98 Å². The normalized spacial score (nSPS) is 13.3. The van der Waals surface area contributed by atoms with E-state index >= 15 is 0 Å². The molecule has 21 heavy (non-hydrogen) atoms. The summed E-state index contributed by atoms with van der Waals surface area (Å²) in [5.74, 6) is 0.984. The third-order valence-electron chi connectivity index (χ3n) is 3.41. The highest BCUT2D eigenvalue weighted by molar-refractivity contribution is 6.34. The van der Waals surface area contributed by atoms with Crippen LogP contribution in [-0.2, 0) is 0 Å². The molecule has 0 amide bonds. The number of nitriles is 2. The fourth-order valence-electron chi connectivity index (χ4n) is 2.11. The third-order valence-corrected chi connectivity index (χ3v) is 3.81. The van der Waals surface area contributed by atoms with Crippen molar-refractivity contribution in [3.8, 4) is 12.1 Å². The van der Waals surface area contributed by atoms with Crippen molar-refractivity contribution in [2.24, 2.45) is 0 Å². The number of aromatic nitrogens is 1. The van der Waals surface area contributed by atoms with Gasteiger partial charge in [0.1, 0.15) is 18.0 Å². The highest BCUT2D eigenvalue weighted by atomic mass is 35.5. The minimum atomic E-state index is 0.336. The summed E-state index contributed by atoms with van der Waals surface area (Å²) < 4.78 is 0. The van der Waals surface area contributed by atoms with Gasteiger partial charge in [-0.25, -0.2) is 4.98 Å². The quantitative estimate of drug-likeness (QED) is 0.925. The minimum absolute atomic E-state index is 0.336. The van der Waals surface area contributed by atoms with Gasteiger partial charge in [-0.3, -0.25) is 0 Å². The van der Waals surface area contributed by atoms with E-state index in [2.05, 4.69) is 16.4 Å². The van der Waals surface area contributed by atoms with Crippen molar-refractivity contribution in [2.75, 3.05) is 5.32 Å². The van der Waals surface area contributed by atoms with E-state index in [4.69, 9.17) is 16.9 Å². The summed E-state index contributed by atoms with van der Waals surface area (Å²) in [4.78, 5) is 4.52. The SMILES string of the molecule is N#Cc1ccc(C2CC2)nc1Nc1cccc(C#N)c1Cl. The zero-order chi connectivity index (χ0) is 14.8. The van der Waals surface area contributed by atoms with Crippen molar-refractivity contribution in [2.45, 2.75) is 18.8 Å². The molecule has 4 nitrogen and oxygen atoms in total. The molecule has 2 aromatic rings. The highest BCUT2D eigenvalue weighted by Gasteiger charge is 2.25. The lowest BCUT2D eigenvalue weighted by atomic mass is 10.2. The number of rotatable bonds is 3. The Bertz CT molecular complexity index is 782. The van der Waals surface area contributed by atoms with Crippen LogP contribution in [0, 0.1) is 22.7 Å². The number of nitrogens with one attached hydrogen (secondary N) is 1. The minimum Gasteiger partial charge on any atom is -0.338 e. The molecule has 0 spiro atoms. The van der Waals surface area contributed by atoms with Gasteiger partial charge in [0.15, 0.2) is 0 Å². The van der Waals surface area contributed by atoms with Crippen molar-refractivity contribution >= 4 is 23.1 Å². The van der Waals surface area contributed by atoms with Crippen LogP contribution in [0.15, 0.2) is 30.3 Å². The van der Waals surface area contributed by atoms with Gasteiger partial charge in [0.25, 0.3) is 0 Å². The molecule has 5 heteroatoms. The van der Waals surface area contributed by atoms with Gasteiger partial charge in [-0.15, -0.1) is 0 Å².